The second-order valence-corrected chi connectivity index (χ2v) is 9.87. The van der Waals surface area contributed by atoms with Crippen molar-refractivity contribution >= 4 is 17.0 Å². The third-order valence-electron chi connectivity index (χ3n) is 5.79. The summed E-state index contributed by atoms with van der Waals surface area (Å²) in [5, 5.41) is 6.13. The summed E-state index contributed by atoms with van der Waals surface area (Å²) < 4.78 is 13.0. The normalized spacial score (nSPS) is 13.9. The minimum absolute atomic E-state index is 0.233. The molecule has 1 saturated carbocycles. The van der Waals surface area contributed by atoms with Crippen LogP contribution in [-0.4, -0.2) is 46.1 Å². The van der Waals surface area contributed by atoms with Gasteiger partial charge < -0.3 is 14.4 Å². The molecule has 0 spiro atoms. The molecule has 0 atom stereocenters. The highest BCUT2D eigenvalue weighted by atomic mass is 16.6. The zero-order chi connectivity index (χ0) is 23.4. The average Bonchev–Trinajstić information content (AvgIpc) is 3.55. The highest BCUT2D eigenvalue weighted by molar-refractivity contribution is 5.83. The molecule has 2 aromatic carbocycles. The van der Waals surface area contributed by atoms with Crippen molar-refractivity contribution in [2.45, 2.75) is 71.2 Å². The van der Waals surface area contributed by atoms with Gasteiger partial charge in [0.2, 0.25) is 0 Å². The molecule has 33 heavy (non-hydrogen) atoms. The lowest BCUT2D eigenvalue weighted by molar-refractivity contribution is 0.0217. The number of nitrogens with zero attached hydrogens (tertiary/aromatic N) is 3. The van der Waals surface area contributed by atoms with Gasteiger partial charge in [0.15, 0.2) is 0 Å². The average molecular weight is 450 g/mol. The van der Waals surface area contributed by atoms with E-state index in [9.17, 15) is 4.79 Å². The molecule has 0 aliphatic heterocycles. The first kappa shape index (κ1) is 23.3. The molecule has 1 fully saturated rings. The lowest BCUT2D eigenvalue weighted by Crippen LogP contribution is -2.37. The maximum atomic E-state index is 12.8. The lowest BCUT2D eigenvalue weighted by atomic mass is 10.1. The maximum Gasteiger partial charge on any atom is 0.410 e. The zero-order valence-electron chi connectivity index (χ0n) is 20.2. The molecule has 1 heterocycles. The van der Waals surface area contributed by atoms with Crippen molar-refractivity contribution in [3.8, 4) is 0 Å². The van der Waals surface area contributed by atoms with Crippen molar-refractivity contribution in [3.63, 3.8) is 0 Å². The Kier molecular flexibility index (Phi) is 7.03. The Morgan fingerprint density at radius 3 is 2.55 bits per heavy atom. The highest BCUT2D eigenvalue weighted by Crippen LogP contribution is 2.31. The fourth-order valence-electron chi connectivity index (χ4n) is 4.08. The van der Waals surface area contributed by atoms with Crippen molar-refractivity contribution < 1.29 is 14.3 Å². The number of aryl methyl sites for hydroxylation is 1. The van der Waals surface area contributed by atoms with E-state index in [-0.39, 0.29) is 12.1 Å². The van der Waals surface area contributed by atoms with Gasteiger partial charge in [-0.2, -0.15) is 5.10 Å². The molecule has 0 unspecified atom stereocenters. The number of benzene rings is 2. The lowest BCUT2D eigenvalue weighted by Gasteiger charge is -2.27. The first-order valence-electron chi connectivity index (χ1n) is 11.8. The number of methoxy groups -OCH3 is 1. The van der Waals surface area contributed by atoms with E-state index < -0.39 is 5.60 Å². The second-order valence-electron chi connectivity index (χ2n) is 9.87. The quantitative estimate of drug-likeness (QED) is 0.401. The smallest absolute Gasteiger partial charge is 0.410 e. The van der Waals surface area contributed by atoms with Crippen LogP contribution in [-0.2, 0) is 29.0 Å². The molecule has 3 aromatic rings. The van der Waals surface area contributed by atoms with E-state index in [0.29, 0.717) is 13.2 Å². The summed E-state index contributed by atoms with van der Waals surface area (Å²) in [7, 11) is 1.73. The van der Waals surface area contributed by atoms with E-state index in [0.717, 1.165) is 54.4 Å². The summed E-state index contributed by atoms with van der Waals surface area (Å²) in [5.74, 6) is 0. The molecule has 0 saturated heterocycles. The predicted molar refractivity (Wildman–Crippen MR) is 130 cm³/mol. The number of carbonyl (C=O) groups excluding carboxylic acids is 1. The van der Waals surface area contributed by atoms with Gasteiger partial charge >= 0.3 is 6.09 Å². The third kappa shape index (κ3) is 6.14. The van der Waals surface area contributed by atoms with Crippen LogP contribution in [0.3, 0.4) is 0 Å². The van der Waals surface area contributed by atoms with Gasteiger partial charge in [0, 0.05) is 44.7 Å². The van der Waals surface area contributed by atoms with Gasteiger partial charge in [-0.25, -0.2) is 4.79 Å². The fraction of sp³-hybridized carbons (Fsp3) is 0.481. The number of fused-ring (bicyclic) bond motifs is 1. The number of aromatic nitrogens is 2. The van der Waals surface area contributed by atoms with E-state index in [1.54, 1.807) is 7.11 Å². The van der Waals surface area contributed by atoms with Crippen LogP contribution in [0.4, 0.5) is 4.79 Å². The number of ether oxygens (including phenoxy) is 2. The molecule has 4 rings (SSSR count). The van der Waals surface area contributed by atoms with Crippen LogP contribution in [0.5, 0.6) is 0 Å². The largest absolute Gasteiger partial charge is 0.444 e. The predicted octanol–water partition coefficient (Wildman–Crippen LogP) is 5.56. The summed E-state index contributed by atoms with van der Waals surface area (Å²) in [6.45, 7) is 7.77. The van der Waals surface area contributed by atoms with E-state index >= 15 is 0 Å². The van der Waals surface area contributed by atoms with Crippen LogP contribution < -0.4 is 0 Å². The number of hydrogen-bond acceptors (Lipinski definition) is 4. The highest BCUT2D eigenvalue weighted by Gasteiger charge is 2.35. The van der Waals surface area contributed by atoms with Gasteiger partial charge in [0.1, 0.15) is 5.60 Å². The van der Waals surface area contributed by atoms with Crippen LogP contribution in [0, 0.1) is 0 Å². The molecular weight excluding hydrogens is 414 g/mol. The molecule has 1 aromatic heterocycles. The number of amides is 1. The van der Waals surface area contributed by atoms with Crippen LogP contribution in [0.1, 0.15) is 56.9 Å². The minimum atomic E-state index is -0.500. The van der Waals surface area contributed by atoms with Crippen LogP contribution >= 0.6 is 0 Å². The van der Waals surface area contributed by atoms with E-state index in [2.05, 4.69) is 47.1 Å². The Labute approximate surface area is 196 Å². The Morgan fingerprint density at radius 1 is 1.12 bits per heavy atom. The first-order chi connectivity index (χ1) is 15.8. The first-order valence-corrected chi connectivity index (χ1v) is 11.8. The fourth-order valence-corrected chi connectivity index (χ4v) is 4.08. The molecule has 0 bridgehead atoms. The van der Waals surface area contributed by atoms with Gasteiger partial charge in [-0.05, 0) is 57.2 Å². The maximum absolute atomic E-state index is 12.8. The summed E-state index contributed by atoms with van der Waals surface area (Å²) >= 11 is 0. The molecular formula is C27H35N3O3. The molecule has 1 amide bonds. The standard InChI is InChI=1S/C27H35N3O3/c1-27(2,3)33-26(31)29(22-12-13-22)19-21-11-14-23-24(17-20-9-6-5-7-10-20)28-30(25(23)18-21)15-8-16-32-4/h5-7,9-11,14,18,22H,8,12-13,15-17,19H2,1-4H3. The van der Waals surface area contributed by atoms with Crippen molar-refractivity contribution in [2.24, 2.45) is 0 Å². The summed E-state index contributed by atoms with van der Waals surface area (Å²) in [4.78, 5) is 14.7. The van der Waals surface area contributed by atoms with Crippen LogP contribution in [0.2, 0.25) is 0 Å². The Hall–Kier alpha value is -2.86. The van der Waals surface area contributed by atoms with Crippen molar-refractivity contribution in [1.29, 1.82) is 0 Å². The molecule has 1 aliphatic rings. The van der Waals surface area contributed by atoms with E-state index in [1.807, 2.05) is 31.7 Å². The van der Waals surface area contributed by atoms with Gasteiger partial charge in [0.25, 0.3) is 0 Å². The SMILES string of the molecule is COCCCn1nc(Cc2ccccc2)c2ccc(CN(C(=O)OC(C)(C)C)C3CC3)cc21. The Bertz CT molecular complexity index is 1080. The van der Waals surface area contributed by atoms with Gasteiger partial charge in [-0.15, -0.1) is 0 Å². The minimum Gasteiger partial charge on any atom is -0.444 e. The molecule has 0 N–H and O–H groups in total. The van der Waals surface area contributed by atoms with Crippen molar-refractivity contribution in [3.05, 3.63) is 65.4 Å². The van der Waals surface area contributed by atoms with Gasteiger partial charge in [-0.3, -0.25) is 4.68 Å². The van der Waals surface area contributed by atoms with Crippen molar-refractivity contribution in [1.82, 2.24) is 14.7 Å². The third-order valence-corrected chi connectivity index (χ3v) is 5.79. The van der Waals surface area contributed by atoms with Gasteiger partial charge in [-0.1, -0.05) is 42.5 Å². The number of rotatable bonds is 9. The van der Waals surface area contributed by atoms with E-state index in [4.69, 9.17) is 14.6 Å². The second kappa shape index (κ2) is 9.96. The van der Waals surface area contributed by atoms with Gasteiger partial charge in [0.05, 0.1) is 11.2 Å². The summed E-state index contributed by atoms with van der Waals surface area (Å²) in [5.41, 5.74) is 4.02. The Balaban J connectivity index is 1.61. The van der Waals surface area contributed by atoms with Crippen LogP contribution in [0.15, 0.2) is 48.5 Å². The monoisotopic (exact) mass is 449 g/mol. The Morgan fingerprint density at radius 2 is 1.88 bits per heavy atom. The molecule has 6 heteroatoms. The van der Waals surface area contributed by atoms with Crippen LogP contribution in [0.25, 0.3) is 10.9 Å². The molecule has 176 valence electrons. The molecule has 0 radical (unpaired) electrons. The molecule has 6 nitrogen and oxygen atoms in total. The number of hydrogen-bond donors (Lipinski definition) is 0. The topological polar surface area (TPSA) is 56.6 Å². The molecule has 1 aliphatic carbocycles. The number of carbonyl (C=O) groups is 1. The zero-order valence-corrected chi connectivity index (χ0v) is 20.2. The summed E-state index contributed by atoms with van der Waals surface area (Å²) in [6.07, 6.45) is 3.53. The summed E-state index contributed by atoms with van der Waals surface area (Å²) in [6, 6.07) is 17.2. The van der Waals surface area contributed by atoms with E-state index in [1.165, 1.54) is 5.56 Å². The van der Waals surface area contributed by atoms with Crippen molar-refractivity contribution in [2.75, 3.05) is 13.7 Å².